The fourth-order valence-electron chi connectivity index (χ4n) is 2.34. The zero-order valence-corrected chi connectivity index (χ0v) is 15.3. The van der Waals surface area contributed by atoms with Crippen molar-refractivity contribution in [1.29, 1.82) is 0 Å². The zero-order valence-electron chi connectivity index (χ0n) is 14.5. The highest BCUT2D eigenvalue weighted by Gasteiger charge is 2.22. The van der Waals surface area contributed by atoms with Gasteiger partial charge in [0.1, 0.15) is 5.75 Å². The molecule has 0 radical (unpaired) electrons. The Morgan fingerprint density at radius 3 is 2.44 bits per heavy atom. The van der Waals surface area contributed by atoms with Crippen molar-refractivity contribution in [2.45, 2.75) is 25.3 Å². The molecule has 0 heterocycles. The molecule has 1 N–H and O–H groups in total. The van der Waals surface area contributed by atoms with E-state index in [0.717, 1.165) is 5.56 Å². The fraction of sp³-hybridized carbons (Fsp3) is 0.278. The molecule has 6 nitrogen and oxygen atoms in total. The summed E-state index contributed by atoms with van der Waals surface area (Å²) in [5.41, 5.74) is 1.23. The summed E-state index contributed by atoms with van der Waals surface area (Å²) >= 11 is 0. The van der Waals surface area contributed by atoms with Crippen LogP contribution in [-0.2, 0) is 21.4 Å². The second-order valence-electron chi connectivity index (χ2n) is 5.52. The van der Waals surface area contributed by atoms with Gasteiger partial charge < -0.3 is 10.1 Å². The minimum Gasteiger partial charge on any atom is -0.492 e. The average molecular weight is 362 g/mol. The number of amides is 1. The normalized spacial score (nSPS) is 11.4. The lowest BCUT2D eigenvalue weighted by Crippen LogP contribution is -2.26. The quantitative estimate of drug-likeness (QED) is 0.822. The molecule has 0 saturated carbocycles. The van der Waals surface area contributed by atoms with Crippen LogP contribution in [0.25, 0.3) is 0 Å². The SMILES string of the molecule is CCOc1ccc(S(=O)(=O)N(C)Cc2ccccc2)cc1NC(C)=O. The van der Waals surface area contributed by atoms with Gasteiger partial charge in [0.2, 0.25) is 15.9 Å². The van der Waals surface area contributed by atoms with Crippen molar-refractivity contribution in [3.63, 3.8) is 0 Å². The number of hydrogen-bond donors (Lipinski definition) is 1. The number of nitrogens with one attached hydrogen (secondary N) is 1. The molecular weight excluding hydrogens is 340 g/mol. The van der Waals surface area contributed by atoms with E-state index in [1.54, 1.807) is 6.07 Å². The summed E-state index contributed by atoms with van der Waals surface area (Å²) in [5, 5.41) is 2.61. The Labute approximate surface area is 148 Å². The molecule has 0 unspecified atom stereocenters. The maximum absolute atomic E-state index is 12.8. The number of hydrogen-bond acceptors (Lipinski definition) is 4. The third-order valence-corrected chi connectivity index (χ3v) is 5.32. The topological polar surface area (TPSA) is 75.7 Å². The Kier molecular flexibility index (Phi) is 6.17. The summed E-state index contributed by atoms with van der Waals surface area (Å²) in [6.07, 6.45) is 0. The molecule has 0 aromatic heterocycles. The average Bonchev–Trinajstić information content (AvgIpc) is 2.57. The van der Waals surface area contributed by atoms with Crippen LogP contribution in [0.4, 0.5) is 5.69 Å². The van der Waals surface area contributed by atoms with Crippen LogP contribution in [0.5, 0.6) is 5.75 Å². The minimum absolute atomic E-state index is 0.0955. The van der Waals surface area contributed by atoms with Crippen LogP contribution in [0, 0.1) is 0 Å². The first-order chi connectivity index (χ1) is 11.8. The third kappa shape index (κ3) is 4.80. The molecule has 0 aliphatic carbocycles. The molecule has 7 heteroatoms. The van der Waals surface area contributed by atoms with E-state index in [-0.39, 0.29) is 17.3 Å². The first-order valence-corrected chi connectivity index (χ1v) is 9.33. The Bertz CT molecular complexity index is 835. The zero-order chi connectivity index (χ0) is 18.4. The lowest BCUT2D eigenvalue weighted by atomic mass is 10.2. The predicted molar refractivity (Wildman–Crippen MR) is 97.0 cm³/mol. The first kappa shape index (κ1) is 19.0. The maximum Gasteiger partial charge on any atom is 0.243 e. The molecule has 0 saturated heterocycles. The molecule has 25 heavy (non-hydrogen) atoms. The van der Waals surface area contributed by atoms with Crippen molar-refractivity contribution in [3.05, 3.63) is 54.1 Å². The van der Waals surface area contributed by atoms with Crippen LogP contribution in [-0.4, -0.2) is 32.3 Å². The summed E-state index contributed by atoms with van der Waals surface area (Å²) in [4.78, 5) is 11.5. The molecule has 0 spiro atoms. The number of anilines is 1. The second kappa shape index (κ2) is 8.13. The van der Waals surface area contributed by atoms with Crippen LogP contribution in [0.1, 0.15) is 19.4 Å². The van der Waals surface area contributed by atoms with E-state index in [2.05, 4.69) is 5.32 Å². The number of rotatable bonds is 7. The highest BCUT2D eigenvalue weighted by atomic mass is 32.2. The van der Waals surface area contributed by atoms with Gasteiger partial charge in [-0.1, -0.05) is 30.3 Å². The molecule has 2 aromatic rings. The molecule has 0 atom stereocenters. The van der Waals surface area contributed by atoms with Crippen molar-refractivity contribution >= 4 is 21.6 Å². The molecule has 1 amide bonds. The van der Waals surface area contributed by atoms with Crippen molar-refractivity contribution in [1.82, 2.24) is 4.31 Å². The van der Waals surface area contributed by atoms with Gasteiger partial charge in [-0.15, -0.1) is 0 Å². The van der Waals surface area contributed by atoms with Crippen LogP contribution in [0.3, 0.4) is 0 Å². The van der Waals surface area contributed by atoms with E-state index in [0.29, 0.717) is 18.0 Å². The highest BCUT2D eigenvalue weighted by Crippen LogP contribution is 2.29. The predicted octanol–water partition coefficient (Wildman–Crippen LogP) is 2.86. The number of carbonyl (C=O) groups excluding carboxylic acids is 1. The Balaban J connectivity index is 2.33. The van der Waals surface area contributed by atoms with Gasteiger partial charge in [-0.25, -0.2) is 8.42 Å². The van der Waals surface area contributed by atoms with Gasteiger partial charge in [0.15, 0.2) is 0 Å². The number of nitrogens with zero attached hydrogens (tertiary/aromatic N) is 1. The number of ether oxygens (including phenoxy) is 1. The first-order valence-electron chi connectivity index (χ1n) is 7.89. The molecule has 0 aliphatic heterocycles. The van der Waals surface area contributed by atoms with E-state index < -0.39 is 10.0 Å². The Morgan fingerprint density at radius 2 is 1.84 bits per heavy atom. The van der Waals surface area contributed by atoms with Gasteiger partial charge in [-0.05, 0) is 30.7 Å². The van der Waals surface area contributed by atoms with Gasteiger partial charge in [-0.2, -0.15) is 4.31 Å². The molecule has 0 bridgehead atoms. The fourth-order valence-corrected chi connectivity index (χ4v) is 3.53. The summed E-state index contributed by atoms with van der Waals surface area (Å²) in [6.45, 7) is 3.84. The van der Waals surface area contributed by atoms with Gasteiger partial charge in [-0.3, -0.25) is 4.79 Å². The van der Waals surface area contributed by atoms with Crippen molar-refractivity contribution in [2.75, 3.05) is 19.0 Å². The van der Waals surface area contributed by atoms with Crippen molar-refractivity contribution in [3.8, 4) is 5.75 Å². The van der Waals surface area contributed by atoms with Gasteiger partial charge in [0, 0.05) is 20.5 Å². The smallest absolute Gasteiger partial charge is 0.243 e. The second-order valence-corrected chi connectivity index (χ2v) is 7.56. The van der Waals surface area contributed by atoms with Crippen LogP contribution < -0.4 is 10.1 Å². The molecule has 0 aliphatic rings. The van der Waals surface area contributed by atoms with E-state index in [1.165, 1.54) is 30.4 Å². The minimum atomic E-state index is -3.70. The largest absolute Gasteiger partial charge is 0.492 e. The summed E-state index contributed by atoms with van der Waals surface area (Å²) in [6, 6.07) is 13.8. The number of benzene rings is 2. The summed E-state index contributed by atoms with van der Waals surface area (Å²) in [7, 11) is -2.18. The summed E-state index contributed by atoms with van der Waals surface area (Å²) < 4.78 is 32.3. The standard InChI is InChI=1S/C18H22N2O4S/c1-4-24-18-11-10-16(12-17(18)19-14(2)21)25(22,23)20(3)13-15-8-6-5-7-9-15/h5-12H,4,13H2,1-3H3,(H,19,21). The molecule has 2 rings (SSSR count). The monoisotopic (exact) mass is 362 g/mol. The van der Waals surface area contributed by atoms with Crippen LogP contribution >= 0.6 is 0 Å². The van der Waals surface area contributed by atoms with E-state index in [1.807, 2.05) is 37.3 Å². The van der Waals surface area contributed by atoms with E-state index in [4.69, 9.17) is 4.74 Å². The third-order valence-electron chi connectivity index (χ3n) is 3.52. The van der Waals surface area contributed by atoms with E-state index >= 15 is 0 Å². The lowest BCUT2D eigenvalue weighted by molar-refractivity contribution is -0.114. The summed E-state index contributed by atoms with van der Waals surface area (Å²) in [5.74, 6) is 0.135. The van der Waals surface area contributed by atoms with Crippen LogP contribution in [0.2, 0.25) is 0 Å². The Morgan fingerprint density at radius 1 is 1.16 bits per heavy atom. The molecular formula is C18H22N2O4S. The highest BCUT2D eigenvalue weighted by molar-refractivity contribution is 7.89. The van der Waals surface area contributed by atoms with E-state index in [9.17, 15) is 13.2 Å². The van der Waals surface area contributed by atoms with Crippen molar-refractivity contribution in [2.24, 2.45) is 0 Å². The van der Waals surface area contributed by atoms with Gasteiger partial charge >= 0.3 is 0 Å². The van der Waals surface area contributed by atoms with Gasteiger partial charge in [0.25, 0.3) is 0 Å². The molecule has 2 aromatic carbocycles. The Hall–Kier alpha value is -2.38. The molecule has 0 fully saturated rings. The van der Waals surface area contributed by atoms with Crippen LogP contribution in [0.15, 0.2) is 53.4 Å². The maximum atomic E-state index is 12.8. The lowest BCUT2D eigenvalue weighted by Gasteiger charge is -2.19. The van der Waals surface area contributed by atoms with Gasteiger partial charge in [0.05, 0.1) is 17.2 Å². The number of sulfonamides is 1. The number of carbonyl (C=O) groups is 1. The van der Waals surface area contributed by atoms with Crippen molar-refractivity contribution < 1.29 is 17.9 Å². The molecule has 134 valence electrons.